The Kier molecular flexibility index (Phi) is 5.35. The molecule has 102 valence electrons. The number of rotatable bonds is 7. The molecule has 0 saturated heterocycles. The summed E-state index contributed by atoms with van der Waals surface area (Å²) < 4.78 is 1.86. The van der Waals surface area contributed by atoms with Gasteiger partial charge in [0.05, 0.1) is 12.3 Å². The Morgan fingerprint density at radius 3 is 2.84 bits per heavy atom. The highest BCUT2D eigenvalue weighted by atomic mass is 32.2. The van der Waals surface area contributed by atoms with E-state index in [1.54, 1.807) is 0 Å². The molecule has 0 bridgehead atoms. The van der Waals surface area contributed by atoms with E-state index < -0.39 is 0 Å². The minimum Gasteiger partial charge on any atom is -0.328 e. The second kappa shape index (κ2) is 7.25. The van der Waals surface area contributed by atoms with Gasteiger partial charge in [0.15, 0.2) is 5.82 Å². The van der Waals surface area contributed by atoms with Gasteiger partial charge in [0.2, 0.25) is 0 Å². The lowest BCUT2D eigenvalue weighted by Crippen LogP contribution is -2.15. The molecule has 0 saturated carbocycles. The molecule has 0 spiro atoms. The fourth-order valence-corrected chi connectivity index (χ4v) is 2.71. The molecular weight excluding hydrogens is 258 g/mol. The van der Waals surface area contributed by atoms with E-state index in [2.05, 4.69) is 27.7 Å². The molecule has 0 aliphatic rings. The van der Waals surface area contributed by atoms with Crippen molar-refractivity contribution in [2.75, 3.05) is 5.75 Å². The first-order valence-electron chi connectivity index (χ1n) is 6.38. The molecule has 1 atom stereocenters. The Balaban J connectivity index is 1.87. The van der Waals surface area contributed by atoms with Gasteiger partial charge in [-0.3, -0.25) is 0 Å². The molecule has 0 amide bonds. The molecule has 1 unspecified atom stereocenters. The number of tetrazole rings is 1. The van der Waals surface area contributed by atoms with Crippen molar-refractivity contribution < 1.29 is 0 Å². The fourth-order valence-electron chi connectivity index (χ4n) is 1.64. The zero-order valence-electron chi connectivity index (χ0n) is 11.1. The molecule has 19 heavy (non-hydrogen) atoms. The van der Waals surface area contributed by atoms with Crippen LogP contribution in [0.5, 0.6) is 0 Å². The van der Waals surface area contributed by atoms with Gasteiger partial charge < -0.3 is 5.73 Å². The van der Waals surface area contributed by atoms with Crippen LogP contribution in [0.15, 0.2) is 30.3 Å². The Morgan fingerprint density at radius 2 is 2.11 bits per heavy atom. The summed E-state index contributed by atoms with van der Waals surface area (Å²) in [4.78, 5) is 0. The van der Waals surface area contributed by atoms with E-state index >= 15 is 0 Å². The smallest absolute Gasteiger partial charge is 0.161 e. The van der Waals surface area contributed by atoms with Gasteiger partial charge in [-0.2, -0.15) is 11.8 Å². The highest BCUT2D eigenvalue weighted by molar-refractivity contribution is 7.98. The van der Waals surface area contributed by atoms with Crippen molar-refractivity contribution in [2.45, 2.75) is 31.7 Å². The number of hydrogen-bond acceptors (Lipinski definition) is 5. The number of nitrogens with zero attached hydrogens (tertiary/aromatic N) is 4. The maximum atomic E-state index is 5.73. The Bertz CT molecular complexity index is 483. The zero-order valence-corrected chi connectivity index (χ0v) is 11.9. The highest BCUT2D eigenvalue weighted by Gasteiger charge is 2.06. The van der Waals surface area contributed by atoms with E-state index in [0.717, 1.165) is 30.3 Å². The van der Waals surface area contributed by atoms with Crippen molar-refractivity contribution in [2.24, 2.45) is 5.73 Å². The van der Waals surface area contributed by atoms with E-state index in [1.165, 1.54) is 5.56 Å². The standard InChI is InChI=1S/C13H19N5S/c1-11(14)7-8-19-10-13-15-16-17-18(13)9-12-5-3-2-4-6-12/h2-6,11H,7-10,14H2,1H3. The summed E-state index contributed by atoms with van der Waals surface area (Å²) in [6.07, 6.45) is 1.02. The number of hydrogen-bond donors (Lipinski definition) is 1. The maximum absolute atomic E-state index is 5.73. The average Bonchev–Trinajstić information content (AvgIpc) is 2.83. The van der Waals surface area contributed by atoms with Crippen molar-refractivity contribution in [3.8, 4) is 0 Å². The monoisotopic (exact) mass is 277 g/mol. The molecule has 6 heteroatoms. The molecule has 0 radical (unpaired) electrons. The molecule has 2 N–H and O–H groups in total. The summed E-state index contributed by atoms with van der Waals surface area (Å²) in [7, 11) is 0. The van der Waals surface area contributed by atoms with Crippen LogP contribution in [0, 0.1) is 0 Å². The van der Waals surface area contributed by atoms with Gasteiger partial charge in [-0.1, -0.05) is 30.3 Å². The van der Waals surface area contributed by atoms with Crippen LogP contribution in [0.4, 0.5) is 0 Å². The lowest BCUT2D eigenvalue weighted by molar-refractivity contribution is 0.631. The first-order chi connectivity index (χ1) is 9.25. The topological polar surface area (TPSA) is 69.6 Å². The SMILES string of the molecule is CC(N)CCSCc1nnnn1Cc1ccccc1. The number of benzene rings is 1. The third-order valence-corrected chi connectivity index (χ3v) is 3.72. The van der Waals surface area contributed by atoms with E-state index in [4.69, 9.17) is 5.73 Å². The number of aromatic nitrogens is 4. The van der Waals surface area contributed by atoms with Crippen LogP contribution in [0.1, 0.15) is 24.7 Å². The number of thioether (sulfide) groups is 1. The molecule has 2 rings (SSSR count). The van der Waals surface area contributed by atoms with Crippen molar-refractivity contribution in [1.29, 1.82) is 0 Å². The van der Waals surface area contributed by atoms with Crippen LogP contribution >= 0.6 is 11.8 Å². The first-order valence-corrected chi connectivity index (χ1v) is 7.53. The summed E-state index contributed by atoms with van der Waals surface area (Å²) in [5, 5.41) is 11.9. The largest absolute Gasteiger partial charge is 0.328 e. The highest BCUT2D eigenvalue weighted by Crippen LogP contribution is 2.12. The summed E-state index contributed by atoms with van der Waals surface area (Å²) in [5.74, 6) is 2.78. The molecule has 1 aromatic carbocycles. The molecule has 0 aliphatic heterocycles. The van der Waals surface area contributed by atoms with Crippen LogP contribution < -0.4 is 5.73 Å². The molecular formula is C13H19N5S. The Hall–Kier alpha value is -1.40. The minimum absolute atomic E-state index is 0.257. The van der Waals surface area contributed by atoms with Crippen LogP contribution in [0.2, 0.25) is 0 Å². The molecule has 2 aromatic rings. The minimum atomic E-state index is 0.257. The second-order valence-corrected chi connectivity index (χ2v) is 5.66. The molecule has 0 aliphatic carbocycles. The number of nitrogens with two attached hydrogens (primary N) is 1. The van der Waals surface area contributed by atoms with Crippen molar-refractivity contribution >= 4 is 11.8 Å². The predicted octanol–water partition coefficient (Wildman–Crippen LogP) is 1.69. The molecule has 5 nitrogen and oxygen atoms in total. The normalized spacial score (nSPS) is 12.5. The van der Waals surface area contributed by atoms with Crippen LogP contribution in [-0.4, -0.2) is 32.0 Å². The van der Waals surface area contributed by atoms with E-state index in [9.17, 15) is 0 Å². The summed E-state index contributed by atoms with van der Waals surface area (Å²) >= 11 is 1.82. The quantitative estimate of drug-likeness (QED) is 0.780. The molecule has 1 heterocycles. The second-order valence-electron chi connectivity index (χ2n) is 4.56. The summed E-state index contributed by atoms with van der Waals surface area (Å²) in [6.45, 7) is 2.75. The Morgan fingerprint density at radius 1 is 1.32 bits per heavy atom. The molecule has 1 aromatic heterocycles. The van der Waals surface area contributed by atoms with Gasteiger partial charge in [-0.05, 0) is 35.1 Å². The Labute approximate surface area is 117 Å². The van der Waals surface area contributed by atoms with Crippen molar-refractivity contribution in [3.63, 3.8) is 0 Å². The van der Waals surface area contributed by atoms with Crippen LogP contribution in [0.25, 0.3) is 0 Å². The van der Waals surface area contributed by atoms with Crippen LogP contribution in [-0.2, 0) is 12.3 Å². The maximum Gasteiger partial charge on any atom is 0.161 e. The first kappa shape index (κ1) is 14.0. The zero-order chi connectivity index (χ0) is 13.5. The van der Waals surface area contributed by atoms with Gasteiger partial charge in [0, 0.05) is 6.04 Å². The van der Waals surface area contributed by atoms with Crippen molar-refractivity contribution in [3.05, 3.63) is 41.7 Å². The molecule has 0 fully saturated rings. The third kappa shape index (κ3) is 4.65. The van der Waals surface area contributed by atoms with E-state index in [0.29, 0.717) is 0 Å². The summed E-state index contributed by atoms with van der Waals surface area (Å²) in [6, 6.07) is 10.5. The van der Waals surface area contributed by atoms with E-state index in [1.807, 2.05) is 41.6 Å². The lowest BCUT2D eigenvalue weighted by Gasteiger charge is -2.06. The summed E-state index contributed by atoms with van der Waals surface area (Å²) in [5.41, 5.74) is 6.93. The third-order valence-electron chi connectivity index (χ3n) is 2.73. The van der Waals surface area contributed by atoms with Gasteiger partial charge in [0.25, 0.3) is 0 Å². The average molecular weight is 277 g/mol. The van der Waals surface area contributed by atoms with E-state index in [-0.39, 0.29) is 6.04 Å². The van der Waals surface area contributed by atoms with Crippen LogP contribution in [0.3, 0.4) is 0 Å². The predicted molar refractivity (Wildman–Crippen MR) is 77.8 cm³/mol. The van der Waals surface area contributed by atoms with Gasteiger partial charge >= 0.3 is 0 Å². The fraction of sp³-hybridized carbons (Fsp3) is 0.462. The van der Waals surface area contributed by atoms with Gasteiger partial charge in [0.1, 0.15) is 0 Å². The van der Waals surface area contributed by atoms with Gasteiger partial charge in [-0.25, -0.2) is 4.68 Å². The lowest BCUT2D eigenvalue weighted by atomic mass is 10.2. The van der Waals surface area contributed by atoms with Gasteiger partial charge in [-0.15, -0.1) is 5.10 Å². The van der Waals surface area contributed by atoms with Crippen molar-refractivity contribution in [1.82, 2.24) is 20.2 Å².